The van der Waals surface area contributed by atoms with Crippen LogP contribution in [0.2, 0.25) is 0 Å². The fourth-order valence-electron chi connectivity index (χ4n) is 2.33. The van der Waals surface area contributed by atoms with Crippen molar-refractivity contribution in [2.75, 3.05) is 11.1 Å². The van der Waals surface area contributed by atoms with Gasteiger partial charge in [-0.15, -0.1) is 10.2 Å². The van der Waals surface area contributed by atoms with E-state index >= 15 is 0 Å². The summed E-state index contributed by atoms with van der Waals surface area (Å²) in [5.41, 5.74) is 1.08. The number of hydrogen-bond donors (Lipinski definition) is 2. The first-order valence-corrected chi connectivity index (χ1v) is 9.37. The van der Waals surface area contributed by atoms with Crippen LogP contribution in [0, 0.1) is 0 Å². The number of nitrogens with one attached hydrogen (secondary N) is 2. The van der Waals surface area contributed by atoms with Gasteiger partial charge < -0.3 is 19.5 Å². The van der Waals surface area contributed by atoms with Crippen LogP contribution in [0.3, 0.4) is 0 Å². The Morgan fingerprint density at radius 2 is 2.07 bits per heavy atom. The molecule has 1 aliphatic carbocycles. The molecule has 4 rings (SSSR count). The second-order valence-corrected chi connectivity index (χ2v) is 6.94. The van der Waals surface area contributed by atoms with Crippen molar-refractivity contribution in [3.05, 3.63) is 48.2 Å². The molecule has 2 amide bonds. The van der Waals surface area contributed by atoms with E-state index < -0.39 is 0 Å². The molecule has 0 radical (unpaired) electrons. The molecule has 2 heterocycles. The van der Waals surface area contributed by atoms with Crippen LogP contribution in [0.5, 0.6) is 0 Å². The Labute approximate surface area is 158 Å². The maximum Gasteiger partial charge on any atom is 0.284 e. The van der Waals surface area contributed by atoms with Crippen LogP contribution in [0.4, 0.5) is 5.69 Å². The molecule has 1 aromatic carbocycles. The Kier molecular flexibility index (Phi) is 4.93. The summed E-state index contributed by atoms with van der Waals surface area (Å²) >= 11 is 1.12. The lowest BCUT2D eigenvalue weighted by Crippen LogP contribution is -2.25. The first kappa shape index (κ1) is 17.3. The molecule has 0 saturated heterocycles. The molecule has 3 aromatic rings. The van der Waals surface area contributed by atoms with Crippen LogP contribution in [-0.4, -0.2) is 33.8 Å². The van der Waals surface area contributed by atoms with Gasteiger partial charge in [-0.2, -0.15) is 0 Å². The number of carbonyl (C=O) groups is 2. The summed E-state index contributed by atoms with van der Waals surface area (Å²) in [6, 6.07) is 10.6. The van der Waals surface area contributed by atoms with E-state index in [9.17, 15) is 9.59 Å². The SMILES string of the molecule is O=C(CSc1nnc(-c2ccco2)o1)Nc1cccc(C(=O)NC2CC2)c1. The molecule has 2 aromatic heterocycles. The van der Waals surface area contributed by atoms with Crippen LogP contribution >= 0.6 is 11.8 Å². The smallest absolute Gasteiger partial charge is 0.284 e. The first-order valence-electron chi connectivity index (χ1n) is 8.38. The lowest BCUT2D eigenvalue weighted by Gasteiger charge is -2.07. The van der Waals surface area contributed by atoms with Crippen LogP contribution in [-0.2, 0) is 4.79 Å². The molecule has 27 heavy (non-hydrogen) atoms. The van der Waals surface area contributed by atoms with E-state index in [1.807, 2.05) is 0 Å². The quantitative estimate of drug-likeness (QED) is 0.603. The zero-order valence-electron chi connectivity index (χ0n) is 14.2. The zero-order chi connectivity index (χ0) is 18.6. The van der Waals surface area contributed by atoms with Gasteiger partial charge in [0.05, 0.1) is 12.0 Å². The number of nitrogens with zero attached hydrogens (tertiary/aromatic N) is 2. The largest absolute Gasteiger partial charge is 0.459 e. The minimum absolute atomic E-state index is 0.0955. The molecule has 8 nitrogen and oxygen atoms in total. The zero-order valence-corrected chi connectivity index (χ0v) is 15.0. The maximum atomic E-state index is 12.1. The summed E-state index contributed by atoms with van der Waals surface area (Å²) in [6.45, 7) is 0. The Morgan fingerprint density at radius 1 is 1.19 bits per heavy atom. The second kappa shape index (κ2) is 7.67. The van der Waals surface area contributed by atoms with Crippen molar-refractivity contribution in [1.29, 1.82) is 0 Å². The topological polar surface area (TPSA) is 110 Å². The second-order valence-electron chi connectivity index (χ2n) is 6.02. The number of rotatable bonds is 7. The van der Waals surface area contributed by atoms with Crippen LogP contribution in [0.25, 0.3) is 11.7 Å². The first-order chi connectivity index (χ1) is 13.2. The number of carbonyl (C=O) groups excluding carboxylic acids is 2. The average Bonchev–Trinajstić information content (AvgIpc) is 3.13. The lowest BCUT2D eigenvalue weighted by molar-refractivity contribution is -0.113. The summed E-state index contributed by atoms with van der Waals surface area (Å²) in [4.78, 5) is 24.2. The van der Waals surface area contributed by atoms with Gasteiger partial charge in [-0.3, -0.25) is 9.59 Å². The van der Waals surface area contributed by atoms with Gasteiger partial charge in [0.1, 0.15) is 0 Å². The Balaban J connectivity index is 1.31. The molecular formula is C18H16N4O4S. The molecule has 0 bridgehead atoms. The molecule has 1 fully saturated rings. The molecule has 0 aliphatic heterocycles. The van der Waals surface area contributed by atoms with Crippen LogP contribution < -0.4 is 10.6 Å². The highest BCUT2D eigenvalue weighted by Crippen LogP contribution is 2.23. The van der Waals surface area contributed by atoms with Gasteiger partial charge in [-0.25, -0.2) is 0 Å². The van der Waals surface area contributed by atoms with Crippen molar-refractivity contribution >= 4 is 29.3 Å². The molecule has 1 aliphatic rings. The van der Waals surface area contributed by atoms with E-state index in [2.05, 4.69) is 20.8 Å². The molecule has 9 heteroatoms. The number of anilines is 1. The number of benzene rings is 1. The van der Waals surface area contributed by atoms with Crippen LogP contribution in [0.1, 0.15) is 23.2 Å². The monoisotopic (exact) mass is 384 g/mol. The molecule has 0 spiro atoms. The Morgan fingerprint density at radius 3 is 2.85 bits per heavy atom. The van der Waals surface area contributed by atoms with Gasteiger partial charge in [0.2, 0.25) is 5.91 Å². The van der Waals surface area contributed by atoms with E-state index in [0.29, 0.717) is 17.0 Å². The average molecular weight is 384 g/mol. The standard InChI is InChI=1S/C18H16N4O4S/c23-15(10-27-18-22-21-17(26-18)14-5-2-8-25-14)19-13-4-1-3-11(9-13)16(24)20-12-6-7-12/h1-5,8-9,12H,6-7,10H2,(H,19,23)(H,20,24). The summed E-state index contributed by atoms with van der Waals surface area (Å²) < 4.78 is 10.6. The highest BCUT2D eigenvalue weighted by atomic mass is 32.2. The van der Waals surface area contributed by atoms with Gasteiger partial charge in [-0.05, 0) is 43.2 Å². The summed E-state index contributed by atoms with van der Waals surface area (Å²) in [7, 11) is 0. The third-order valence-corrected chi connectivity index (χ3v) is 4.60. The number of aromatic nitrogens is 2. The van der Waals surface area contributed by atoms with E-state index in [-0.39, 0.29) is 34.7 Å². The molecule has 138 valence electrons. The normalized spacial score (nSPS) is 13.3. The van der Waals surface area contributed by atoms with Crippen molar-refractivity contribution in [2.45, 2.75) is 24.1 Å². The number of thioether (sulfide) groups is 1. The van der Waals surface area contributed by atoms with Crippen molar-refractivity contribution < 1.29 is 18.4 Å². The third-order valence-electron chi connectivity index (χ3n) is 3.79. The van der Waals surface area contributed by atoms with Crippen molar-refractivity contribution in [1.82, 2.24) is 15.5 Å². The predicted octanol–water partition coefficient (Wildman–Crippen LogP) is 2.95. The maximum absolute atomic E-state index is 12.1. The van der Waals surface area contributed by atoms with Crippen molar-refractivity contribution in [3.63, 3.8) is 0 Å². The van der Waals surface area contributed by atoms with Crippen LogP contribution in [0.15, 0.2) is 56.7 Å². The Bertz CT molecular complexity index is 950. The highest BCUT2D eigenvalue weighted by Gasteiger charge is 2.23. The van der Waals surface area contributed by atoms with Crippen molar-refractivity contribution in [2.24, 2.45) is 0 Å². The van der Waals surface area contributed by atoms with Gasteiger partial charge >= 0.3 is 0 Å². The fraction of sp³-hybridized carbons (Fsp3) is 0.222. The number of furan rings is 1. The molecule has 0 atom stereocenters. The molecule has 1 saturated carbocycles. The molecular weight excluding hydrogens is 368 g/mol. The van der Waals surface area contributed by atoms with E-state index in [1.54, 1.807) is 36.4 Å². The van der Waals surface area contributed by atoms with E-state index in [1.165, 1.54) is 6.26 Å². The van der Waals surface area contributed by atoms with Gasteiger partial charge in [0, 0.05) is 17.3 Å². The van der Waals surface area contributed by atoms with Gasteiger partial charge in [0.25, 0.3) is 17.0 Å². The number of hydrogen-bond acceptors (Lipinski definition) is 7. The summed E-state index contributed by atoms with van der Waals surface area (Å²) in [5.74, 6) is 0.465. The third kappa shape index (κ3) is 4.56. The Hall–Kier alpha value is -3.07. The lowest BCUT2D eigenvalue weighted by atomic mass is 10.2. The molecule has 0 unspecified atom stereocenters. The number of amides is 2. The van der Waals surface area contributed by atoms with E-state index in [4.69, 9.17) is 8.83 Å². The van der Waals surface area contributed by atoms with Crippen molar-refractivity contribution in [3.8, 4) is 11.7 Å². The van der Waals surface area contributed by atoms with E-state index in [0.717, 1.165) is 24.6 Å². The minimum Gasteiger partial charge on any atom is -0.459 e. The summed E-state index contributed by atoms with van der Waals surface area (Å²) in [6.07, 6.45) is 3.56. The highest BCUT2D eigenvalue weighted by molar-refractivity contribution is 7.99. The molecule has 2 N–H and O–H groups in total. The van der Waals surface area contributed by atoms with Gasteiger partial charge in [-0.1, -0.05) is 17.8 Å². The van der Waals surface area contributed by atoms with Gasteiger partial charge in [0.15, 0.2) is 5.76 Å². The minimum atomic E-state index is -0.238. The predicted molar refractivity (Wildman–Crippen MR) is 98.3 cm³/mol. The summed E-state index contributed by atoms with van der Waals surface area (Å²) in [5, 5.41) is 13.7. The fourth-order valence-corrected chi connectivity index (χ4v) is 2.89.